The molecule has 0 atom stereocenters. The summed E-state index contributed by atoms with van der Waals surface area (Å²) in [5.74, 6) is 0.402. The molecule has 1 fully saturated rings. The van der Waals surface area contributed by atoms with E-state index in [1.54, 1.807) is 0 Å². The second-order valence-corrected chi connectivity index (χ2v) is 3.67. The highest BCUT2D eigenvalue weighted by molar-refractivity contribution is 6.29. The Morgan fingerprint density at radius 3 is 2.71 bits per heavy atom. The van der Waals surface area contributed by atoms with Gasteiger partial charge in [-0.2, -0.15) is 4.98 Å². The van der Waals surface area contributed by atoms with Gasteiger partial charge in [-0.05, 0) is 0 Å². The lowest BCUT2D eigenvalue weighted by molar-refractivity contribution is 0.314. The zero-order chi connectivity index (χ0) is 10.0. The number of halogens is 1. The van der Waals surface area contributed by atoms with Crippen LogP contribution in [0.15, 0.2) is 12.4 Å². The van der Waals surface area contributed by atoms with Crippen molar-refractivity contribution in [3.05, 3.63) is 22.8 Å². The van der Waals surface area contributed by atoms with E-state index in [-0.39, 0.29) is 5.15 Å². The zero-order valence-electron chi connectivity index (χ0n) is 7.61. The Kier molecular flexibility index (Phi) is 2.64. The van der Waals surface area contributed by atoms with E-state index in [4.69, 9.17) is 11.6 Å². The maximum Gasteiger partial charge on any atom is 0.247 e. The van der Waals surface area contributed by atoms with Crippen LogP contribution in [0, 0.1) is 5.21 Å². The van der Waals surface area contributed by atoms with E-state index in [1.807, 2.05) is 0 Å². The highest BCUT2D eigenvalue weighted by atomic mass is 35.5. The Bertz CT molecular complexity index is 327. The van der Waals surface area contributed by atoms with Gasteiger partial charge >= 0.3 is 0 Å². The topological polar surface area (TPSA) is 60.9 Å². The fraction of sp³-hybridized carbons (Fsp3) is 0.500. The Morgan fingerprint density at radius 1 is 1.36 bits per heavy atom. The van der Waals surface area contributed by atoms with Crippen LogP contribution in [-0.2, 0) is 0 Å². The van der Waals surface area contributed by atoms with Crippen molar-refractivity contribution < 1.29 is 0 Å². The fourth-order valence-corrected chi connectivity index (χ4v) is 1.66. The first-order valence-corrected chi connectivity index (χ1v) is 4.85. The van der Waals surface area contributed by atoms with E-state index < -0.39 is 4.65 Å². The van der Waals surface area contributed by atoms with Gasteiger partial charge in [0.15, 0.2) is 5.15 Å². The molecule has 2 heterocycles. The molecule has 1 saturated heterocycles. The molecule has 1 N–H and O–H groups in total. The largest absolute Gasteiger partial charge is 0.626 e. The number of hydrogen-bond donors (Lipinski definition) is 1. The van der Waals surface area contributed by atoms with Crippen LogP contribution in [0.25, 0.3) is 0 Å². The zero-order valence-corrected chi connectivity index (χ0v) is 8.37. The molecular formula is C8H11ClN4O. The van der Waals surface area contributed by atoms with Crippen LogP contribution in [-0.4, -0.2) is 36.1 Å². The van der Waals surface area contributed by atoms with Crippen molar-refractivity contribution in [2.75, 3.05) is 26.2 Å². The van der Waals surface area contributed by atoms with Gasteiger partial charge in [-0.1, -0.05) is 11.6 Å². The van der Waals surface area contributed by atoms with Crippen molar-refractivity contribution in [3.63, 3.8) is 0 Å². The molecule has 0 aromatic carbocycles. The summed E-state index contributed by atoms with van der Waals surface area (Å²) in [6, 6.07) is 0. The van der Waals surface area contributed by atoms with E-state index in [0.29, 0.717) is 32.0 Å². The lowest BCUT2D eigenvalue weighted by atomic mass is 10.3. The summed E-state index contributed by atoms with van der Waals surface area (Å²) in [6.45, 7) is 2.37. The molecule has 0 bridgehead atoms. The molecule has 0 saturated carbocycles. The van der Waals surface area contributed by atoms with Gasteiger partial charge in [0.25, 0.3) is 0 Å². The number of hydroxylamine groups is 2. The van der Waals surface area contributed by atoms with E-state index >= 15 is 0 Å². The summed E-state index contributed by atoms with van der Waals surface area (Å²) in [5, 5.41) is 15.6. The lowest BCUT2D eigenvalue weighted by Gasteiger charge is -2.43. The molecule has 1 aromatic heterocycles. The van der Waals surface area contributed by atoms with Crippen LogP contribution in [0.2, 0.25) is 5.15 Å². The SMILES string of the molecule is [O-][N+]1(c2cncc(Cl)n2)CCNCC1. The number of rotatable bonds is 1. The Labute approximate surface area is 86.9 Å². The lowest BCUT2D eigenvalue weighted by Crippen LogP contribution is -2.56. The van der Waals surface area contributed by atoms with Gasteiger partial charge in [0, 0.05) is 13.1 Å². The predicted molar refractivity (Wildman–Crippen MR) is 54.8 cm³/mol. The van der Waals surface area contributed by atoms with Gasteiger partial charge in [-0.15, -0.1) is 0 Å². The molecule has 5 nitrogen and oxygen atoms in total. The van der Waals surface area contributed by atoms with Crippen molar-refractivity contribution in [1.82, 2.24) is 19.9 Å². The number of hydrogen-bond acceptors (Lipinski definition) is 4. The molecule has 0 amide bonds. The summed E-state index contributed by atoms with van der Waals surface area (Å²) in [4.78, 5) is 7.88. The van der Waals surface area contributed by atoms with Gasteiger partial charge in [0.1, 0.15) is 6.20 Å². The van der Waals surface area contributed by atoms with E-state index in [9.17, 15) is 5.21 Å². The van der Waals surface area contributed by atoms with Gasteiger partial charge in [-0.25, -0.2) is 0 Å². The first-order chi connectivity index (χ1) is 6.71. The first-order valence-electron chi connectivity index (χ1n) is 4.48. The molecule has 0 radical (unpaired) electrons. The molecule has 2 rings (SSSR count). The van der Waals surface area contributed by atoms with Gasteiger partial charge in [0.2, 0.25) is 5.82 Å². The van der Waals surface area contributed by atoms with Crippen LogP contribution in [0.4, 0.5) is 5.82 Å². The molecule has 0 aliphatic carbocycles. The summed E-state index contributed by atoms with van der Waals surface area (Å²) in [5.41, 5.74) is 0. The van der Waals surface area contributed by atoms with Crippen LogP contribution >= 0.6 is 11.6 Å². The summed E-state index contributed by atoms with van der Waals surface area (Å²) < 4.78 is -0.430. The fourth-order valence-electron chi connectivity index (χ4n) is 1.51. The molecule has 76 valence electrons. The summed E-state index contributed by atoms with van der Waals surface area (Å²) in [7, 11) is 0. The van der Waals surface area contributed by atoms with Crippen LogP contribution < -0.4 is 9.96 Å². The van der Waals surface area contributed by atoms with Crippen LogP contribution in [0.1, 0.15) is 0 Å². The average Bonchev–Trinajstić information content (AvgIpc) is 2.19. The third kappa shape index (κ3) is 1.85. The monoisotopic (exact) mass is 214 g/mol. The molecule has 6 heteroatoms. The second-order valence-electron chi connectivity index (χ2n) is 3.29. The number of quaternary nitrogens is 1. The predicted octanol–water partition coefficient (Wildman–Crippen LogP) is 0.538. The number of aromatic nitrogens is 2. The quantitative estimate of drug-likeness (QED) is 0.548. The van der Waals surface area contributed by atoms with Crippen molar-refractivity contribution in [2.45, 2.75) is 0 Å². The highest BCUT2D eigenvalue weighted by Gasteiger charge is 2.25. The molecule has 1 aliphatic rings. The Morgan fingerprint density at radius 2 is 2.07 bits per heavy atom. The van der Waals surface area contributed by atoms with Crippen molar-refractivity contribution in [3.8, 4) is 0 Å². The highest BCUT2D eigenvalue weighted by Crippen LogP contribution is 2.20. The smallest absolute Gasteiger partial charge is 0.247 e. The molecule has 14 heavy (non-hydrogen) atoms. The van der Waals surface area contributed by atoms with Crippen LogP contribution in [0.3, 0.4) is 0 Å². The summed E-state index contributed by atoms with van der Waals surface area (Å²) >= 11 is 5.69. The minimum Gasteiger partial charge on any atom is -0.626 e. The van der Waals surface area contributed by atoms with E-state index in [1.165, 1.54) is 12.4 Å². The van der Waals surface area contributed by atoms with Crippen molar-refractivity contribution >= 4 is 17.4 Å². The molecule has 0 unspecified atom stereocenters. The maximum atomic E-state index is 12.2. The first kappa shape index (κ1) is 9.79. The molecular weight excluding hydrogens is 204 g/mol. The summed E-state index contributed by atoms with van der Waals surface area (Å²) in [6.07, 6.45) is 2.92. The normalized spacial score (nSPS) is 20.7. The minimum absolute atomic E-state index is 0.273. The average molecular weight is 215 g/mol. The Balaban J connectivity index is 2.28. The van der Waals surface area contributed by atoms with Crippen molar-refractivity contribution in [1.29, 1.82) is 0 Å². The minimum atomic E-state index is -0.430. The van der Waals surface area contributed by atoms with Gasteiger partial charge in [-0.3, -0.25) is 4.98 Å². The second kappa shape index (κ2) is 3.78. The molecule has 0 spiro atoms. The van der Waals surface area contributed by atoms with Crippen LogP contribution in [0.5, 0.6) is 0 Å². The molecule has 1 aliphatic heterocycles. The van der Waals surface area contributed by atoms with Gasteiger partial charge in [0.05, 0.1) is 19.3 Å². The number of nitrogens with one attached hydrogen (secondary N) is 1. The third-order valence-electron chi connectivity index (χ3n) is 2.31. The number of nitrogens with zero attached hydrogens (tertiary/aromatic N) is 3. The van der Waals surface area contributed by atoms with Crippen molar-refractivity contribution in [2.24, 2.45) is 0 Å². The standard InChI is InChI=1S/C8H11ClN4O/c9-7-5-11-6-8(12-7)13(14)3-1-10-2-4-13/h5-6,10H,1-4H2. The Hall–Kier alpha value is -0.750. The van der Waals surface area contributed by atoms with Gasteiger partial charge < -0.3 is 15.2 Å². The van der Waals surface area contributed by atoms with E-state index in [0.717, 1.165) is 0 Å². The van der Waals surface area contributed by atoms with E-state index in [2.05, 4.69) is 15.3 Å². The third-order valence-corrected chi connectivity index (χ3v) is 2.49. The maximum absolute atomic E-state index is 12.2. The molecule has 1 aromatic rings. The number of piperazine rings is 1.